The van der Waals surface area contributed by atoms with E-state index in [9.17, 15) is 0 Å². The Morgan fingerprint density at radius 1 is 1.25 bits per heavy atom. The Morgan fingerprint density at radius 3 is 2.56 bits per heavy atom. The summed E-state index contributed by atoms with van der Waals surface area (Å²) in [7, 11) is 2.06. The minimum atomic E-state index is 0.492. The van der Waals surface area contributed by atoms with Crippen LogP contribution in [0.15, 0.2) is 24.3 Å². The van der Waals surface area contributed by atoms with Gasteiger partial charge < -0.3 is 5.32 Å². The van der Waals surface area contributed by atoms with Gasteiger partial charge in [-0.05, 0) is 36.9 Å². The van der Waals surface area contributed by atoms with Crippen molar-refractivity contribution in [2.45, 2.75) is 46.1 Å². The molecule has 16 heavy (non-hydrogen) atoms. The van der Waals surface area contributed by atoms with Gasteiger partial charge in [-0.1, -0.05) is 51.5 Å². The SMILES string of the molecule is CCCC(C)C(NC)c1cccc(CC)c1. The van der Waals surface area contributed by atoms with E-state index in [4.69, 9.17) is 0 Å². The van der Waals surface area contributed by atoms with Crippen LogP contribution in [-0.4, -0.2) is 7.05 Å². The minimum absolute atomic E-state index is 0.492. The molecule has 2 unspecified atom stereocenters. The molecule has 0 saturated carbocycles. The van der Waals surface area contributed by atoms with Crippen LogP contribution in [0.3, 0.4) is 0 Å². The zero-order valence-corrected chi connectivity index (χ0v) is 11.1. The van der Waals surface area contributed by atoms with Crippen LogP contribution in [0, 0.1) is 5.92 Å². The monoisotopic (exact) mass is 219 g/mol. The van der Waals surface area contributed by atoms with Crippen LogP contribution in [0.25, 0.3) is 0 Å². The molecule has 0 aromatic heterocycles. The first-order valence-corrected chi connectivity index (χ1v) is 6.49. The molecule has 1 N–H and O–H groups in total. The van der Waals surface area contributed by atoms with Gasteiger partial charge in [0.05, 0.1) is 0 Å². The maximum atomic E-state index is 3.45. The van der Waals surface area contributed by atoms with Gasteiger partial charge in [-0.25, -0.2) is 0 Å². The third kappa shape index (κ3) is 3.34. The molecule has 1 rings (SSSR count). The Hall–Kier alpha value is -0.820. The van der Waals surface area contributed by atoms with Gasteiger partial charge in [-0.3, -0.25) is 0 Å². The summed E-state index contributed by atoms with van der Waals surface area (Å²) in [6, 6.07) is 9.46. The van der Waals surface area contributed by atoms with E-state index < -0.39 is 0 Å². The molecule has 1 nitrogen and oxygen atoms in total. The Kier molecular flexibility index (Phi) is 5.54. The van der Waals surface area contributed by atoms with Gasteiger partial charge in [0.1, 0.15) is 0 Å². The molecule has 1 aromatic rings. The molecule has 0 heterocycles. The third-order valence-electron chi connectivity index (χ3n) is 3.34. The van der Waals surface area contributed by atoms with Crippen molar-refractivity contribution in [2.75, 3.05) is 7.05 Å². The maximum Gasteiger partial charge on any atom is 0.0343 e. The lowest BCUT2D eigenvalue weighted by Gasteiger charge is -2.24. The number of hydrogen-bond donors (Lipinski definition) is 1. The summed E-state index contributed by atoms with van der Waals surface area (Å²) >= 11 is 0. The first-order valence-electron chi connectivity index (χ1n) is 6.49. The highest BCUT2D eigenvalue weighted by Crippen LogP contribution is 2.25. The summed E-state index contributed by atoms with van der Waals surface area (Å²) in [5.74, 6) is 0.696. The number of benzene rings is 1. The zero-order chi connectivity index (χ0) is 12.0. The highest BCUT2D eigenvalue weighted by atomic mass is 14.9. The lowest BCUT2D eigenvalue weighted by Crippen LogP contribution is -2.23. The van der Waals surface area contributed by atoms with Crippen LogP contribution in [0.1, 0.15) is 50.8 Å². The van der Waals surface area contributed by atoms with Gasteiger partial charge >= 0.3 is 0 Å². The second-order valence-corrected chi connectivity index (χ2v) is 4.63. The average Bonchev–Trinajstić information content (AvgIpc) is 2.31. The summed E-state index contributed by atoms with van der Waals surface area (Å²) < 4.78 is 0. The maximum absolute atomic E-state index is 3.45. The van der Waals surface area contributed by atoms with Crippen molar-refractivity contribution in [3.63, 3.8) is 0 Å². The number of nitrogens with one attached hydrogen (secondary N) is 1. The van der Waals surface area contributed by atoms with E-state index in [0.29, 0.717) is 12.0 Å². The standard InChI is InChI=1S/C15H25N/c1-5-8-12(3)15(16-4)14-10-7-9-13(6-2)11-14/h7,9-12,15-16H,5-6,8H2,1-4H3. The van der Waals surface area contributed by atoms with Crippen molar-refractivity contribution in [3.8, 4) is 0 Å². The fraction of sp³-hybridized carbons (Fsp3) is 0.600. The largest absolute Gasteiger partial charge is 0.313 e. The minimum Gasteiger partial charge on any atom is -0.313 e. The van der Waals surface area contributed by atoms with Crippen LogP contribution >= 0.6 is 0 Å². The van der Waals surface area contributed by atoms with E-state index in [-0.39, 0.29) is 0 Å². The predicted molar refractivity (Wildman–Crippen MR) is 71.7 cm³/mol. The quantitative estimate of drug-likeness (QED) is 0.764. The van der Waals surface area contributed by atoms with Gasteiger partial charge in [-0.2, -0.15) is 0 Å². The fourth-order valence-electron chi connectivity index (χ4n) is 2.41. The van der Waals surface area contributed by atoms with Crippen LogP contribution in [0.4, 0.5) is 0 Å². The molecule has 0 aliphatic rings. The fourth-order valence-corrected chi connectivity index (χ4v) is 2.41. The predicted octanol–water partition coefficient (Wildman–Crippen LogP) is 3.95. The molecular weight excluding hydrogens is 194 g/mol. The molecule has 0 aliphatic heterocycles. The Bertz CT molecular complexity index is 306. The number of hydrogen-bond acceptors (Lipinski definition) is 1. The summed E-state index contributed by atoms with van der Waals surface area (Å²) in [5, 5.41) is 3.45. The molecule has 0 fully saturated rings. The van der Waals surface area contributed by atoms with E-state index in [1.165, 1.54) is 24.0 Å². The van der Waals surface area contributed by atoms with Gasteiger partial charge in [0.25, 0.3) is 0 Å². The molecule has 2 atom stereocenters. The van der Waals surface area contributed by atoms with Crippen LogP contribution < -0.4 is 5.32 Å². The first kappa shape index (κ1) is 13.2. The highest BCUT2D eigenvalue weighted by Gasteiger charge is 2.16. The van der Waals surface area contributed by atoms with E-state index in [1.54, 1.807) is 0 Å². The van der Waals surface area contributed by atoms with Crippen LogP contribution in [-0.2, 0) is 6.42 Å². The molecule has 90 valence electrons. The van der Waals surface area contributed by atoms with E-state index >= 15 is 0 Å². The van der Waals surface area contributed by atoms with Crippen molar-refractivity contribution >= 4 is 0 Å². The van der Waals surface area contributed by atoms with Gasteiger partial charge in [0, 0.05) is 6.04 Å². The summed E-state index contributed by atoms with van der Waals surface area (Å²) in [6.45, 7) is 6.80. The summed E-state index contributed by atoms with van der Waals surface area (Å²) in [4.78, 5) is 0. The average molecular weight is 219 g/mol. The number of rotatable bonds is 6. The first-order chi connectivity index (χ1) is 7.72. The molecule has 1 heteroatoms. The Labute approximate surface area is 100 Å². The molecule has 0 saturated heterocycles. The molecule has 0 radical (unpaired) electrons. The van der Waals surface area contributed by atoms with E-state index in [1.807, 2.05) is 0 Å². The third-order valence-corrected chi connectivity index (χ3v) is 3.34. The van der Waals surface area contributed by atoms with Crippen molar-refractivity contribution in [3.05, 3.63) is 35.4 Å². The highest BCUT2D eigenvalue weighted by molar-refractivity contribution is 5.26. The summed E-state index contributed by atoms with van der Waals surface area (Å²) in [5.41, 5.74) is 2.87. The normalized spacial score (nSPS) is 14.8. The van der Waals surface area contributed by atoms with Gasteiger partial charge in [0.15, 0.2) is 0 Å². The molecule has 1 aromatic carbocycles. The number of aryl methyl sites for hydroxylation is 1. The van der Waals surface area contributed by atoms with Crippen molar-refractivity contribution in [1.82, 2.24) is 5.32 Å². The lowest BCUT2D eigenvalue weighted by atomic mass is 9.90. The van der Waals surface area contributed by atoms with Crippen LogP contribution in [0.2, 0.25) is 0 Å². The van der Waals surface area contributed by atoms with E-state index in [0.717, 1.165) is 6.42 Å². The molecule has 0 spiro atoms. The van der Waals surface area contributed by atoms with Crippen molar-refractivity contribution in [1.29, 1.82) is 0 Å². The molecule has 0 bridgehead atoms. The van der Waals surface area contributed by atoms with Gasteiger partial charge in [0.2, 0.25) is 0 Å². The molecule has 0 amide bonds. The zero-order valence-electron chi connectivity index (χ0n) is 11.1. The Balaban J connectivity index is 2.85. The van der Waals surface area contributed by atoms with Gasteiger partial charge in [-0.15, -0.1) is 0 Å². The molecular formula is C15H25N. The smallest absolute Gasteiger partial charge is 0.0343 e. The lowest BCUT2D eigenvalue weighted by molar-refractivity contribution is 0.384. The van der Waals surface area contributed by atoms with Crippen molar-refractivity contribution < 1.29 is 0 Å². The topological polar surface area (TPSA) is 12.0 Å². The second kappa shape index (κ2) is 6.70. The van der Waals surface area contributed by atoms with E-state index in [2.05, 4.69) is 57.4 Å². The second-order valence-electron chi connectivity index (χ2n) is 4.63. The van der Waals surface area contributed by atoms with Crippen LogP contribution in [0.5, 0.6) is 0 Å². The van der Waals surface area contributed by atoms with Crippen molar-refractivity contribution in [2.24, 2.45) is 5.92 Å². The molecule has 0 aliphatic carbocycles. The Morgan fingerprint density at radius 2 is 2.00 bits per heavy atom. The summed E-state index contributed by atoms with van der Waals surface area (Å²) in [6.07, 6.45) is 3.65.